The monoisotopic (exact) mass is 537 g/mol. The number of nitrogens with one attached hydrogen (secondary N) is 2. The molecule has 2 aromatic carbocycles. The maximum atomic E-state index is 12.3. The number of benzene rings is 2. The maximum absolute atomic E-state index is 12.3. The molecule has 0 fully saturated rings. The Morgan fingerprint density at radius 3 is 2.20 bits per heavy atom. The molecule has 0 aliphatic rings. The highest BCUT2D eigenvalue weighted by atomic mass is 79.9. The minimum Gasteiger partial charge on any atom is -0.483 e. The number of hydrogen-bond donors (Lipinski definition) is 2. The minimum atomic E-state index is -0.410. The topological polar surface area (TPSA) is 79.8 Å². The smallest absolute Gasteiger partial charge is 0.277 e. The molecule has 0 spiro atoms. The van der Waals surface area contributed by atoms with Crippen LogP contribution in [0.4, 0.5) is 5.69 Å². The zero-order chi connectivity index (χ0) is 22.4. The summed E-state index contributed by atoms with van der Waals surface area (Å²) >= 11 is 6.84. The molecule has 0 aromatic heterocycles. The number of ether oxygens (including phenoxy) is 1. The van der Waals surface area contributed by atoms with E-state index in [4.69, 9.17) is 4.74 Å². The molecule has 0 radical (unpaired) electrons. The average Bonchev–Trinajstić information content (AvgIpc) is 2.64. The first-order valence-electron chi connectivity index (χ1n) is 9.35. The van der Waals surface area contributed by atoms with Crippen molar-refractivity contribution < 1.29 is 14.3 Å². The van der Waals surface area contributed by atoms with Crippen LogP contribution in [0.15, 0.2) is 38.3 Å². The highest BCUT2D eigenvalue weighted by Crippen LogP contribution is 2.31. The predicted octanol–water partition coefficient (Wildman–Crippen LogP) is 5.34. The second-order valence-electron chi connectivity index (χ2n) is 7.20. The number of rotatable bonds is 7. The van der Waals surface area contributed by atoms with Crippen molar-refractivity contribution >= 4 is 55.1 Å². The molecule has 0 bridgehead atoms. The van der Waals surface area contributed by atoms with E-state index in [2.05, 4.69) is 47.7 Å². The van der Waals surface area contributed by atoms with Crippen LogP contribution in [-0.4, -0.2) is 24.1 Å². The van der Waals surface area contributed by atoms with Gasteiger partial charge in [0.1, 0.15) is 5.75 Å². The number of aryl methyl sites for hydroxylation is 4. The summed E-state index contributed by atoms with van der Waals surface area (Å²) < 4.78 is 7.22. The highest BCUT2D eigenvalue weighted by molar-refractivity contribution is 9.11. The average molecular weight is 539 g/mol. The molecule has 0 aliphatic heterocycles. The van der Waals surface area contributed by atoms with Crippen molar-refractivity contribution in [2.24, 2.45) is 5.10 Å². The molecule has 0 unspecified atom stereocenters. The Bertz CT molecular complexity index is 980. The molecule has 0 atom stereocenters. The van der Waals surface area contributed by atoms with E-state index in [1.165, 1.54) is 0 Å². The van der Waals surface area contributed by atoms with Gasteiger partial charge in [-0.3, -0.25) is 9.59 Å². The van der Waals surface area contributed by atoms with Gasteiger partial charge in [0, 0.05) is 15.9 Å². The Kier molecular flexibility index (Phi) is 8.61. The Morgan fingerprint density at radius 2 is 1.57 bits per heavy atom. The van der Waals surface area contributed by atoms with Gasteiger partial charge in [0.05, 0.1) is 10.9 Å². The van der Waals surface area contributed by atoms with Crippen molar-refractivity contribution in [3.8, 4) is 5.75 Å². The first-order chi connectivity index (χ1) is 14.1. The molecule has 30 heavy (non-hydrogen) atoms. The number of carbonyl (C=O) groups is 2. The molecule has 160 valence electrons. The van der Waals surface area contributed by atoms with Crippen molar-refractivity contribution in [2.45, 2.75) is 41.0 Å². The largest absolute Gasteiger partial charge is 0.483 e. The second kappa shape index (κ2) is 10.7. The van der Waals surface area contributed by atoms with Crippen molar-refractivity contribution in [1.82, 2.24) is 5.43 Å². The van der Waals surface area contributed by atoms with Crippen molar-refractivity contribution in [2.75, 3.05) is 11.9 Å². The molecule has 0 saturated carbocycles. The predicted molar refractivity (Wildman–Crippen MR) is 127 cm³/mol. The molecule has 6 nitrogen and oxygen atoms in total. The van der Waals surface area contributed by atoms with Crippen LogP contribution < -0.4 is 15.5 Å². The summed E-state index contributed by atoms with van der Waals surface area (Å²) in [6, 6.07) is 7.74. The van der Waals surface area contributed by atoms with Crippen molar-refractivity contribution in [3.63, 3.8) is 0 Å². The Morgan fingerprint density at radius 1 is 0.933 bits per heavy atom. The van der Waals surface area contributed by atoms with Gasteiger partial charge < -0.3 is 10.1 Å². The molecule has 2 rings (SSSR count). The van der Waals surface area contributed by atoms with E-state index in [0.29, 0.717) is 11.5 Å². The van der Waals surface area contributed by atoms with Gasteiger partial charge in [0.25, 0.3) is 5.91 Å². The fraction of sp³-hybridized carbons (Fsp3) is 0.318. The first-order valence-corrected chi connectivity index (χ1v) is 10.9. The lowest BCUT2D eigenvalue weighted by atomic mass is 10.0. The molecular weight excluding hydrogens is 514 g/mol. The Labute approximate surface area is 193 Å². The van der Waals surface area contributed by atoms with Gasteiger partial charge in [-0.1, -0.05) is 33.6 Å². The number of hydrogen-bond acceptors (Lipinski definition) is 4. The van der Waals surface area contributed by atoms with Crippen LogP contribution in [-0.2, 0) is 9.59 Å². The molecule has 0 aliphatic carbocycles. The van der Waals surface area contributed by atoms with Gasteiger partial charge in [-0.05, 0) is 79.4 Å². The zero-order valence-corrected chi connectivity index (χ0v) is 20.8. The standard InChI is InChI=1S/C22H25Br2N3O3/c1-12-6-14(3)22(15(4)7-12)25-20(28)9-16(5)26-27-21(29)11-30-19-8-13(2)17(23)10-18(19)24/h6-8,10H,9,11H2,1-5H3,(H,25,28)(H,27,29)/b26-16-. The van der Waals surface area contributed by atoms with Crippen LogP contribution in [0, 0.1) is 27.7 Å². The SMILES string of the molecule is C/C(CC(=O)Nc1c(C)cc(C)cc1C)=N/NC(=O)COc1cc(C)c(Br)cc1Br. The van der Waals surface area contributed by atoms with Gasteiger partial charge in [-0.25, -0.2) is 5.43 Å². The number of amides is 2. The van der Waals surface area contributed by atoms with Crippen LogP contribution in [0.2, 0.25) is 0 Å². The van der Waals surface area contributed by atoms with Crippen LogP contribution in [0.1, 0.15) is 35.6 Å². The van der Waals surface area contributed by atoms with Gasteiger partial charge in [-0.15, -0.1) is 0 Å². The van der Waals surface area contributed by atoms with E-state index in [1.54, 1.807) is 6.92 Å². The lowest BCUT2D eigenvalue weighted by molar-refractivity contribution is -0.123. The van der Waals surface area contributed by atoms with Crippen LogP contribution >= 0.6 is 31.9 Å². The fourth-order valence-corrected chi connectivity index (χ4v) is 4.02. The molecule has 2 N–H and O–H groups in total. The van der Waals surface area contributed by atoms with Crippen LogP contribution in [0.5, 0.6) is 5.75 Å². The van der Waals surface area contributed by atoms with Gasteiger partial charge >= 0.3 is 0 Å². The van der Waals surface area contributed by atoms with Gasteiger partial charge in [-0.2, -0.15) is 5.10 Å². The summed E-state index contributed by atoms with van der Waals surface area (Å²) in [5.41, 5.74) is 7.88. The number of hydrazone groups is 1. The number of halogens is 2. The summed E-state index contributed by atoms with van der Waals surface area (Å²) in [6.07, 6.45) is 0.0748. The molecule has 0 heterocycles. The Hall–Kier alpha value is -2.19. The molecule has 2 aromatic rings. The lowest BCUT2D eigenvalue weighted by Crippen LogP contribution is -2.26. The summed E-state index contributed by atoms with van der Waals surface area (Å²) in [4.78, 5) is 24.3. The molecule has 8 heteroatoms. The first kappa shape index (κ1) is 24.1. The van der Waals surface area contributed by atoms with Crippen LogP contribution in [0.25, 0.3) is 0 Å². The number of nitrogens with zero attached hydrogens (tertiary/aromatic N) is 1. The highest BCUT2D eigenvalue weighted by Gasteiger charge is 2.11. The lowest BCUT2D eigenvalue weighted by Gasteiger charge is -2.13. The third-order valence-corrected chi connectivity index (χ3v) is 5.78. The third kappa shape index (κ3) is 6.95. The zero-order valence-electron chi connectivity index (χ0n) is 17.7. The van der Waals surface area contributed by atoms with E-state index in [1.807, 2.05) is 52.0 Å². The van der Waals surface area contributed by atoms with Crippen molar-refractivity contribution in [3.05, 3.63) is 55.5 Å². The number of carbonyl (C=O) groups excluding carboxylic acids is 2. The maximum Gasteiger partial charge on any atom is 0.277 e. The van der Waals surface area contributed by atoms with E-state index in [0.717, 1.165) is 36.9 Å². The van der Waals surface area contributed by atoms with Gasteiger partial charge in [0.15, 0.2) is 6.61 Å². The number of anilines is 1. The Balaban J connectivity index is 1.87. The molecule has 2 amide bonds. The van der Waals surface area contributed by atoms with Crippen molar-refractivity contribution in [1.29, 1.82) is 0 Å². The van der Waals surface area contributed by atoms with E-state index in [-0.39, 0.29) is 18.9 Å². The molecule has 0 saturated heterocycles. The summed E-state index contributed by atoms with van der Waals surface area (Å²) in [5.74, 6) is -0.0340. The third-order valence-electron chi connectivity index (χ3n) is 4.30. The van der Waals surface area contributed by atoms with E-state index >= 15 is 0 Å². The molecular formula is C22H25Br2N3O3. The summed E-state index contributed by atoms with van der Waals surface area (Å²) in [7, 11) is 0. The minimum absolute atomic E-state index is 0.0748. The fourth-order valence-electron chi connectivity index (χ4n) is 2.91. The van der Waals surface area contributed by atoms with Crippen LogP contribution in [0.3, 0.4) is 0 Å². The quantitative estimate of drug-likeness (QED) is 0.368. The van der Waals surface area contributed by atoms with E-state index < -0.39 is 5.91 Å². The summed E-state index contributed by atoms with van der Waals surface area (Å²) in [6.45, 7) is 9.37. The van der Waals surface area contributed by atoms with Gasteiger partial charge in [0.2, 0.25) is 5.91 Å². The second-order valence-corrected chi connectivity index (χ2v) is 8.91. The normalized spacial score (nSPS) is 11.2. The van der Waals surface area contributed by atoms with E-state index in [9.17, 15) is 9.59 Å². The summed E-state index contributed by atoms with van der Waals surface area (Å²) in [5, 5.41) is 6.91.